The summed E-state index contributed by atoms with van der Waals surface area (Å²) in [6.07, 6.45) is 2.91. The molecule has 0 saturated carbocycles. The van der Waals surface area contributed by atoms with E-state index in [1.807, 2.05) is 30.3 Å². The van der Waals surface area contributed by atoms with Crippen molar-refractivity contribution in [1.29, 1.82) is 0 Å². The molecule has 0 aliphatic heterocycles. The lowest BCUT2D eigenvalue weighted by molar-refractivity contribution is -0.138. The molecular weight excluding hydrogens is 183 g/mol. The van der Waals surface area contributed by atoms with E-state index in [-0.39, 0.29) is 6.61 Å². The van der Waals surface area contributed by atoms with E-state index in [0.717, 1.165) is 5.56 Å². The number of esters is 1. The number of carbonyl (C=O) groups is 1. The number of ether oxygens (including phenoxy) is 1. The van der Waals surface area contributed by atoms with E-state index < -0.39 is 12.6 Å². The zero-order chi connectivity index (χ0) is 10.2. The maximum absolute atomic E-state index is 11.6. The van der Waals surface area contributed by atoms with Gasteiger partial charge in [-0.05, 0) is 11.6 Å². The molecule has 0 unspecified atom stereocenters. The van der Waals surface area contributed by atoms with Crippen LogP contribution in [-0.4, -0.2) is 19.3 Å². The molecular formula is C11H11FO2. The van der Waals surface area contributed by atoms with Gasteiger partial charge in [-0.1, -0.05) is 30.3 Å². The van der Waals surface area contributed by atoms with Crippen LogP contribution in [0.3, 0.4) is 0 Å². The Morgan fingerprint density at radius 3 is 2.71 bits per heavy atom. The van der Waals surface area contributed by atoms with Gasteiger partial charge in [0.1, 0.15) is 13.3 Å². The molecule has 1 aromatic carbocycles. The second kappa shape index (κ2) is 5.91. The summed E-state index contributed by atoms with van der Waals surface area (Å²) in [7, 11) is 0. The first-order chi connectivity index (χ1) is 6.83. The molecule has 0 aromatic heterocycles. The topological polar surface area (TPSA) is 26.3 Å². The summed E-state index contributed by atoms with van der Waals surface area (Å²) in [6, 6.07) is 9.34. The summed E-state index contributed by atoms with van der Waals surface area (Å²) < 4.78 is 16.1. The molecule has 0 amide bonds. The fourth-order valence-electron chi connectivity index (χ4n) is 0.916. The van der Waals surface area contributed by atoms with Crippen molar-refractivity contribution < 1.29 is 13.9 Å². The first kappa shape index (κ1) is 10.4. The molecule has 0 spiro atoms. The molecule has 3 heteroatoms. The summed E-state index contributed by atoms with van der Waals surface area (Å²) in [5, 5.41) is 0. The largest absolute Gasteiger partial charge is 0.460 e. The highest BCUT2D eigenvalue weighted by molar-refractivity contribution is 5.86. The van der Waals surface area contributed by atoms with Gasteiger partial charge < -0.3 is 4.74 Å². The van der Waals surface area contributed by atoms with Crippen LogP contribution in [0.15, 0.2) is 36.4 Å². The van der Waals surface area contributed by atoms with Crippen LogP contribution in [0.25, 0.3) is 6.08 Å². The quantitative estimate of drug-likeness (QED) is 0.542. The number of hydrogen-bond acceptors (Lipinski definition) is 2. The van der Waals surface area contributed by atoms with Gasteiger partial charge in [-0.25, -0.2) is 9.18 Å². The number of hydrogen-bond donors (Lipinski definition) is 0. The van der Waals surface area contributed by atoms with Crippen LogP contribution in [0.5, 0.6) is 0 Å². The average Bonchev–Trinajstić information content (AvgIpc) is 2.25. The van der Waals surface area contributed by atoms with Crippen LogP contribution in [0, 0.1) is 0 Å². The predicted molar refractivity (Wildman–Crippen MR) is 52.4 cm³/mol. The molecule has 0 N–H and O–H groups in total. The molecule has 0 aliphatic carbocycles. The highest BCUT2D eigenvalue weighted by atomic mass is 19.1. The number of halogens is 1. The van der Waals surface area contributed by atoms with E-state index in [9.17, 15) is 9.18 Å². The van der Waals surface area contributed by atoms with Gasteiger partial charge in [0.15, 0.2) is 0 Å². The third kappa shape index (κ3) is 3.85. The van der Waals surface area contributed by atoms with Crippen molar-refractivity contribution in [2.45, 2.75) is 0 Å². The minimum atomic E-state index is -0.648. The van der Waals surface area contributed by atoms with Crippen molar-refractivity contribution in [3.8, 4) is 0 Å². The number of alkyl halides is 1. The summed E-state index contributed by atoms with van der Waals surface area (Å²) >= 11 is 0. The molecule has 14 heavy (non-hydrogen) atoms. The Balaban J connectivity index is 2.44. The molecule has 74 valence electrons. The van der Waals surface area contributed by atoms with E-state index in [1.165, 1.54) is 6.08 Å². The van der Waals surface area contributed by atoms with Gasteiger partial charge in [-0.3, -0.25) is 0 Å². The molecule has 0 fully saturated rings. The van der Waals surface area contributed by atoms with Crippen molar-refractivity contribution in [1.82, 2.24) is 0 Å². The SMILES string of the molecule is O=C(/C=C/c1ccccc1)OCCF. The van der Waals surface area contributed by atoms with Gasteiger partial charge in [0.25, 0.3) is 0 Å². The van der Waals surface area contributed by atoms with Crippen LogP contribution < -0.4 is 0 Å². The van der Waals surface area contributed by atoms with Gasteiger partial charge in [0.2, 0.25) is 0 Å². The van der Waals surface area contributed by atoms with Gasteiger partial charge in [-0.15, -0.1) is 0 Å². The second-order valence-corrected chi connectivity index (χ2v) is 2.60. The molecule has 0 bridgehead atoms. The number of carbonyl (C=O) groups excluding carboxylic acids is 1. The number of rotatable bonds is 4. The molecule has 0 aliphatic rings. The van der Waals surface area contributed by atoms with Crippen LogP contribution in [0.2, 0.25) is 0 Å². The summed E-state index contributed by atoms with van der Waals surface area (Å²) in [6.45, 7) is -0.830. The molecule has 0 radical (unpaired) electrons. The molecule has 1 aromatic rings. The van der Waals surface area contributed by atoms with E-state index in [1.54, 1.807) is 6.08 Å². The Morgan fingerprint density at radius 1 is 1.36 bits per heavy atom. The Morgan fingerprint density at radius 2 is 2.07 bits per heavy atom. The zero-order valence-corrected chi connectivity index (χ0v) is 7.65. The second-order valence-electron chi connectivity index (χ2n) is 2.60. The Kier molecular flexibility index (Phi) is 4.41. The highest BCUT2D eigenvalue weighted by Crippen LogP contribution is 2.00. The fraction of sp³-hybridized carbons (Fsp3) is 0.182. The molecule has 0 saturated heterocycles. The van der Waals surface area contributed by atoms with Crippen LogP contribution in [0.1, 0.15) is 5.56 Å². The Hall–Kier alpha value is -1.64. The lowest BCUT2D eigenvalue weighted by atomic mass is 10.2. The third-order valence-corrected chi connectivity index (χ3v) is 1.53. The van der Waals surface area contributed by atoms with Crippen LogP contribution in [-0.2, 0) is 9.53 Å². The van der Waals surface area contributed by atoms with Crippen LogP contribution >= 0.6 is 0 Å². The van der Waals surface area contributed by atoms with Crippen LogP contribution in [0.4, 0.5) is 4.39 Å². The minimum Gasteiger partial charge on any atom is -0.460 e. The third-order valence-electron chi connectivity index (χ3n) is 1.53. The van der Waals surface area contributed by atoms with Crippen molar-refractivity contribution >= 4 is 12.0 Å². The molecule has 1 rings (SSSR count). The fourth-order valence-corrected chi connectivity index (χ4v) is 0.916. The van der Waals surface area contributed by atoms with Gasteiger partial charge in [0.05, 0.1) is 0 Å². The standard InChI is InChI=1S/C11H11FO2/c12-8-9-14-11(13)7-6-10-4-2-1-3-5-10/h1-7H,8-9H2/b7-6+. The molecule has 0 atom stereocenters. The van der Waals surface area contributed by atoms with E-state index >= 15 is 0 Å². The Labute approximate surface area is 82.0 Å². The van der Waals surface area contributed by atoms with Gasteiger partial charge >= 0.3 is 5.97 Å². The monoisotopic (exact) mass is 194 g/mol. The minimum absolute atomic E-state index is 0.183. The smallest absolute Gasteiger partial charge is 0.330 e. The Bertz CT molecular complexity index is 306. The number of benzene rings is 1. The summed E-state index contributed by atoms with van der Waals surface area (Å²) in [5.41, 5.74) is 0.907. The van der Waals surface area contributed by atoms with Gasteiger partial charge in [0, 0.05) is 6.08 Å². The normalized spacial score (nSPS) is 10.4. The summed E-state index contributed by atoms with van der Waals surface area (Å²) in [4.78, 5) is 10.9. The maximum Gasteiger partial charge on any atom is 0.330 e. The van der Waals surface area contributed by atoms with Crippen molar-refractivity contribution in [2.24, 2.45) is 0 Å². The zero-order valence-electron chi connectivity index (χ0n) is 7.65. The van der Waals surface area contributed by atoms with E-state index in [2.05, 4.69) is 4.74 Å². The molecule has 0 heterocycles. The lowest BCUT2D eigenvalue weighted by Gasteiger charge is -1.96. The maximum atomic E-state index is 11.6. The molecule has 2 nitrogen and oxygen atoms in total. The average molecular weight is 194 g/mol. The highest BCUT2D eigenvalue weighted by Gasteiger charge is 1.94. The van der Waals surface area contributed by atoms with E-state index in [4.69, 9.17) is 0 Å². The van der Waals surface area contributed by atoms with Crippen molar-refractivity contribution in [3.63, 3.8) is 0 Å². The summed E-state index contributed by atoms with van der Waals surface area (Å²) in [5.74, 6) is -0.522. The lowest BCUT2D eigenvalue weighted by Crippen LogP contribution is -2.02. The first-order valence-electron chi connectivity index (χ1n) is 4.29. The van der Waals surface area contributed by atoms with Crippen molar-refractivity contribution in [2.75, 3.05) is 13.3 Å². The van der Waals surface area contributed by atoms with E-state index in [0.29, 0.717) is 0 Å². The predicted octanol–water partition coefficient (Wildman–Crippen LogP) is 2.21. The first-order valence-corrected chi connectivity index (χ1v) is 4.29. The van der Waals surface area contributed by atoms with Crippen molar-refractivity contribution in [3.05, 3.63) is 42.0 Å². The van der Waals surface area contributed by atoms with Gasteiger partial charge in [-0.2, -0.15) is 0 Å².